The number of halogens is 2. The molecular weight excluding hydrogens is 263 g/mol. The molecule has 0 radical (unpaired) electrons. The third-order valence-electron chi connectivity index (χ3n) is 2.13. The van der Waals surface area contributed by atoms with Crippen molar-refractivity contribution < 1.29 is 8.91 Å². The van der Waals surface area contributed by atoms with Crippen molar-refractivity contribution in [3.8, 4) is 11.3 Å². The Bertz CT molecular complexity index is 510. The highest BCUT2D eigenvalue weighted by molar-refractivity contribution is 9.10. The van der Waals surface area contributed by atoms with E-state index in [1.807, 2.05) is 0 Å². The highest BCUT2D eigenvalue weighted by atomic mass is 79.9. The first kappa shape index (κ1) is 10.2. The summed E-state index contributed by atoms with van der Waals surface area (Å²) in [5.41, 5.74) is 6.53. The zero-order valence-electron chi connectivity index (χ0n) is 7.92. The van der Waals surface area contributed by atoms with E-state index in [0.717, 1.165) is 4.47 Å². The maximum absolute atomic E-state index is 13.5. The predicted octanol–water partition coefficient (Wildman–Crippen LogP) is 3.13. The van der Waals surface area contributed by atoms with Crippen LogP contribution in [0, 0.1) is 12.7 Å². The van der Waals surface area contributed by atoms with Gasteiger partial charge in [-0.15, -0.1) is 0 Å². The summed E-state index contributed by atoms with van der Waals surface area (Å²) in [4.78, 5) is 0. The average molecular weight is 271 g/mol. The topological polar surface area (TPSA) is 52.0 Å². The van der Waals surface area contributed by atoms with E-state index in [1.165, 1.54) is 6.07 Å². The first-order valence-corrected chi connectivity index (χ1v) is 5.06. The Balaban J connectivity index is 2.63. The molecule has 2 N–H and O–H groups in total. The molecule has 15 heavy (non-hydrogen) atoms. The second-order valence-corrected chi connectivity index (χ2v) is 4.06. The van der Waals surface area contributed by atoms with Gasteiger partial charge in [0.25, 0.3) is 0 Å². The Morgan fingerprint density at radius 1 is 1.47 bits per heavy atom. The summed E-state index contributed by atoms with van der Waals surface area (Å²) in [6.07, 6.45) is 0. The molecule has 0 amide bonds. The third-order valence-corrected chi connectivity index (χ3v) is 2.63. The summed E-state index contributed by atoms with van der Waals surface area (Å²) < 4.78 is 19.2. The Kier molecular flexibility index (Phi) is 2.48. The van der Waals surface area contributed by atoms with Crippen molar-refractivity contribution >= 4 is 21.7 Å². The van der Waals surface area contributed by atoms with Crippen LogP contribution in [0.2, 0.25) is 0 Å². The molecule has 0 aliphatic heterocycles. The average Bonchev–Trinajstić information content (AvgIpc) is 2.52. The summed E-state index contributed by atoms with van der Waals surface area (Å²) in [7, 11) is 0. The van der Waals surface area contributed by atoms with Gasteiger partial charge < -0.3 is 10.3 Å². The zero-order valence-corrected chi connectivity index (χ0v) is 9.51. The van der Waals surface area contributed by atoms with Gasteiger partial charge in [0.2, 0.25) is 0 Å². The Hall–Kier alpha value is -1.36. The van der Waals surface area contributed by atoms with Crippen molar-refractivity contribution in [1.29, 1.82) is 0 Å². The van der Waals surface area contributed by atoms with Crippen LogP contribution in [0.15, 0.2) is 27.2 Å². The summed E-state index contributed by atoms with van der Waals surface area (Å²) >= 11 is 3.26. The smallest absolute Gasteiger partial charge is 0.174 e. The number of aromatic nitrogens is 1. The molecule has 2 aromatic rings. The number of nitrogens with zero attached hydrogens (tertiary/aromatic N) is 1. The molecule has 0 unspecified atom stereocenters. The summed E-state index contributed by atoms with van der Waals surface area (Å²) in [5, 5.41) is 3.58. The minimum atomic E-state index is -0.363. The van der Waals surface area contributed by atoms with Crippen LogP contribution in [0.25, 0.3) is 11.3 Å². The summed E-state index contributed by atoms with van der Waals surface area (Å²) in [5.74, 6) is 0.285. The van der Waals surface area contributed by atoms with E-state index in [9.17, 15) is 4.39 Å². The molecule has 0 bridgehead atoms. The van der Waals surface area contributed by atoms with E-state index in [-0.39, 0.29) is 11.6 Å². The molecule has 78 valence electrons. The first-order valence-electron chi connectivity index (χ1n) is 4.26. The highest BCUT2D eigenvalue weighted by Crippen LogP contribution is 2.30. The van der Waals surface area contributed by atoms with E-state index in [4.69, 9.17) is 10.3 Å². The lowest BCUT2D eigenvalue weighted by atomic mass is 10.1. The van der Waals surface area contributed by atoms with Crippen LogP contribution >= 0.6 is 15.9 Å². The van der Waals surface area contributed by atoms with Crippen molar-refractivity contribution in [3.63, 3.8) is 0 Å². The molecule has 5 heteroatoms. The van der Waals surface area contributed by atoms with Crippen LogP contribution in [0.3, 0.4) is 0 Å². The van der Waals surface area contributed by atoms with Gasteiger partial charge in [0.1, 0.15) is 5.82 Å². The van der Waals surface area contributed by atoms with Crippen LogP contribution in [0.1, 0.15) is 5.56 Å². The quantitative estimate of drug-likeness (QED) is 0.866. The van der Waals surface area contributed by atoms with Crippen LogP contribution < -0.4 is 5.73 Å². The van der Waals surface area contributed by atoms with E-state index in [2.05, 4.69) is 21.1 Å². The number of anilines is 1. The lowest BCUT2D eigenvalue weighted by Gasteiger charge is -2.00. The number of nitrogen functional groups attached to an aromatic ring is 1. The maximum atomic E-state index is 13.5. The van der Waals surface area contributed by atoms with E-state index in [1.54, 1.807) is 19.1 Å². The van der Waals surface area contributed by atoms with Crippen molar-refractivity contribution in [2.75, 3.05) is 5.73 Å². The number of rotatable bonds is 1. The van der Waals surface area contributed by atoms with Crippen molar-refractivity contribution in [2.45, 2.75) is 6.92 Å². The molecule has 0 saturated heterocycles. The van der Waals surface area contributed by atoms with Crippen molar-refractivity contribution in [2.24, 2.45) is 0 Å². The fourth-order valence-electron chi connectivity index (χ4n) is 1.27. The monoisotopic (exact) mass is 270 g/mol. The third kappa shape index (κ3) is 1.74. The highest BCUT2D eigenvalue weighted by Gasteiger charge is 2.15. The molecule has 0 aliphatic carbocycles. The summed E-state index contributed by atoms with van der Waals surface area (Å²) in [6, 6.07) is 4.60. The first-order chi connectivity index (χ1) is 7.09. The molecule has 0 aliphatic rings. The minimum Gasteiger partial charge on any atom is -0.381 e. The Morgan fingerprint density at radius 3 is 2.80 bits per heavy atom. The molecule has 1 aromatic heterocycles. The molecule has 0 saturated carbocycles. The fraction of sp³-hybridized carbons (Fsp3) is 0.100. The van der Waals surface area contributed by atoms with Crippen molar-refractivity contribution in [1.82, 2.24) is 5.16 Å². The molecule has 1 aromatic carbocycles. The summed E-state index contributed by atoms with van der Waals surface area (Å²) in [6.45, 7) is 1.74. The number of nitrogens with two attached hydrogens (primary N) is 1. The van der Waals surface area contributed by atoms with Gasteiger partial charge in [-0.1, -0.05) is 21.1 Å². The standard InChI is InChI=1S/C10H8BrFN2O/c1-5-9(15-14-10(5)13)7-4-6(11)2-3-8(7)12/h2-4H,1H3,(H2,13,14). The molecule has 0 atom stereocenters. The molecule has 1 heterocycles. The van der Waals surface area contributed by atoms with E-state index >= 15 is 0 Å². The minimum absolute atomic E-state index is 0.282. The largest absolute Gasteiger partial charge is 0.381 e. The van der Waals surface area contributed by atoms with Crippen LogP contribution in [0.5, 0.6) is 0 Å². The van der Waals surface area contributed by atoms with E-state index in [0.29, 0.717) is 16.9 Å². The lowest BCUT2D eigenvalue weighted by Crippen LogP contribution is -1.88. The fourth-order valence-corrected chi connectivity index (χ4v) is 1.63. The number of benzene rings is 1. The Morgan fingerprint density at radius 2 is 2.20 bits per heavy atom. The maximum Gasteiger partial charge on any atom is 0.174 e. The van der Waals surface area contributed by atoms with Gasteiger partial charge in [-0.05, 0) is 25.1 Å². The molecule has 0 fully saturated rings. The molecule has 2 rings (SSSR count). The lowest BCUT2D eigenvalue weighted by molar-refractivity contribution is 0.432. The predicted molar refractivity (Wildman–Crippen MR) is 58.7 cm³/mol. The number of hydrogen-bond acceptors (Lipinski definition) is 3. The van der Waals surface area contributed by atoms with Crippen LogP contribution in [-0.2, 0) is 0 Å². The van der Waals surface area contributed by atoms with E-state index < -0.39 is 0 Å². The molecule has 3 nitrogen and oxygen atoms in total. The van der Waals surface area contributed by atoms with Gasteiger partial charge in [0.15, 0.2) is 11.6 Å². The van der Waals surface area contributed by atoms with Gasteiger partial charge in [-0.3, -0.25) is 0 Å². The SMILES string of the molecule is Cc1c(N)noc1-c1cc(Br)ccc1F. The van der Waals surface area contributed by atoms with Gasteiger partial charge in [-0.2, -0.15) is 0 Å². The molecular formula is C10H8BrFN2O. The Labute approximate surface area is 94.2 Å². The van der Waals surface area contributed by atoms with Crippen LogP contribution in [0.4, 0.5) is 10.2 Å². The number of hydrogen-bond donors (Lipinski definition) is 1. The van der Waals surface area contributed by atoms with Gasteiger partial charge >= 0.3 is 0 Å². The van der Waals surface area contributed by atoms with Gasteiger partial charge in [0.05, 0.1) is 5.56 Å². The molecule has 0 spiro atoms. The second kappa shape index (κ2) is 3.66. The van der Waals surface area contributed by atoms with Gasteiger partial charge in [0, 0.05) is 10.0 Å². The second-order valence-electron chi connectivity index (χ2n) is 3.15. The van der Waals surface area contributed by atoms with Crippen molar-refractivity contribution in [3.05, 3.63) is 34.1 Å². The normalized spacial score (nSPS) is 10.6. The zero-order chi connectivity index (χ0) is 11.0. The van der Waals surface area contributed by atoms with Gasteiger partial charge in [-0.25, -0.2) is 4.39 Å². The van der Waals surface area contributed by atoms with Crippen LogP contribution in [-0.4, -0.2) is 5.16 Å².